The van der Waals surface area contributed by atoms with Gasteiger partial charge in [0.25, 0.3) is 0 Å². The Bertz CT molecular complexity index is 1440. The average molecular weight is 627 g/mol. The van der Waals surface area contributed by atoms with Gasteiger partial charge in [-0.05, 0) is 36.8 Å². The highest BCUT2D eigenvalue weighted by Crippen LogP contribution is 2.36. The third-order valence-corrected chi connectivity index (χ3v) is 8.34. The molecule has 2 saturated heterocycles. The second-order valence-electron chi connectivity index (χ2n) is 11.6. The molecule has 45 heavy (non-hydrogen) atoms. The molecule has 0 radical (unpaired) electrons. The number of alkyl halides is 3. The van der Waals surface area contributed by atoms with Gasteiger partial charge in [0.05, 0.1) is 31.6 Å². The monoisotopic (exact) mass is 626 g/mol. The first kappa shape index (κ1) is 30.7. The molecule has 2 aromatic heterocycles. The van der Waals surface area contributed by atoms with Gasteiger partial charge in [0, 0.05) is 37.9 Å². The smallest absolute Gasteiger partial charge is 0.423 e. The molecule has 0 amide bonds. The fraction of sp³-hybridized carbons (Fsp3) is 0.484. The normalized spacial score (nSPS) is 21.8. The van der Waals surface area contributed by atoms with Crippen molar-refractivity contribution >= 4 is 17.5 Å². The number of ether oxygens (including phenoxy) is 3. The highest BCUT2D eigenvalue weighted by molar-refractivity contribution is 5.87. The third-order valence-electron chi connectivity index (χ3n) is 8.34. The second-order valence-corrected chi connectivity index (χ2v) is 11.6. The van der Waals surface area contributed by atoms with Crippen molar-refractivity contribution in [3.05, 3.63) is 66.0 Å². The lowest BCUT2D eigenvalue weighted by molar-refractivity contribution is -0.142. The predicted molar refractivity (Wildman–Crippen MR) is 162 cm³/mol. The van der Waals surface area contributed by atoms with Gasteiger partial charge in [-0.25, -0.2) is 9.97 Å². The second kappa shape index (κ2) is 13.8. The number of hydrazone groups is 1. The Morgan fingerprint density at radius 2 is 1.89 bits per heavy atom. The maximum Gasteiger partial charge on any atom is 0.423 e. The number of benzene rings is 1. The molecule has 14 heteroatoms. The van der Waals surface area contributed by atoms with E-state index in [1.807, 2.05) is 42.5 Å². The molecule has 3 N–H and O–H groups in total. The van der Waals surface area contributed by atoms with Crippen LogP contribution in [-0.2, 0) is 17.5 Å². The quantitative estimate of drug-likeness (QED) is 0.249. The Balaban J connectivity index is 1.02. The largest absolute Gasteiger partial charge is 0.473 e. The highest BCUT2D eigenvalue weighted by atomic mass is 19.4. The summed E-state index contributed by atoms with van der Waals surface area (Å²) in [6.07, 6.45) is 1.25. The lowest BCUT2D eigenvalue weighted by Crippen LogP contribution is -2.52. The van der Waals surface area contributed by atoms with Gasteiger partial charge >= 0.3 is 6.18 Å². The van der Waals surface area contributed by atoms with Gasteiger partial charge in [-0.1, -0.05) is 36.8 Å². The molecule has 0 spiro atoms. The summed E-state index contributed by atoms with van der Waals surface area (Å²) in [5.74, 6) is 7.22. The van der Waals surface area contributed by atoms with Gasteiger partial charge in [-0.3, -0.25) is 0 Å². The number of nitrogens with two attached hydrogens (primary N) is 1. The number of anilines is 2. The van der Waals surface area contributed by atoms with Gasteiger partial charge in [0.1, 0.15) is 24.1 Å². The summed E-state index contributed by atoms with van der Waals surface area (Å²) in [7, 11) is 0. The number of hydrogen-bond acceptors (Lipinski definition) is 10. The van der Waals surface area contributed by atoms with E-state index in [9.17, 15) is 13.2 Å². The molecule has 0 unspecified atom stereocenters. The summed E-state index contributed by atoms with van der Waals surface area (Å²) < 4.78 is 56.9. The van der Waals surface area contributed by atoms with Crippen LogP contribution in [-0.4, -0.2) is 77.2 Å². The van der Waals surface area contributed by atoms with E-state index in [0.717, 1.165) is 68.6 Å². The van der Waals surface area contributed by atoms with Crippen molar-refractivity contribution in [3.63, 3.8) is 0 Å². The molecule has 2 aliphatic heterocycles. The lowest BCUT2D eigenvalue weighted by Gasteiger charge is -2.40. The summed E-state index contributed by atoms with van der Waals surface area (Å²) in [5.41, 5.74) is 1.06. The van der Waals surface area contributed by atoms with Crippen molar-refractivity contribution in [1.29, 1.82) is 0 Å². The van der Waals surface area contributed by atoms with E-state index in [1.54, 1.807) is 6.20 Å². The summed E-state index contributed by atoms with van der Waals surface area (Å²) in [4.78, 5) is 17.0. The predicted octanol–water partition coefficient (Wildman–Crippen LogP) is 4.31. The molecule has 3 fully saturated rings. The van der Waals surface area contributed by atoms with Crippen LogP contribution in [0.4, 0.5) is 24.8 Å². The van der Waals surface area contributed by atoms with Gasteiger partial charge in [-0.15, -0.1) is 0 Å². The van der Waals surface area contributed by atoms with Gasteiger partial charge < -0.3 is 35.2 Å². The molecule has 1 aliphatic carbocycles. The number of pyridine rings is 1. The minimum Gasteiger partial charge on any atom is -0.473 e. The Hall–Kier alpha value is -4.33. The number of aromatic nitrogens is 3. The zero-order chi connectivity index (χ0) is 31.2. The van der Waals surface area contributed by atoms with Crippen LogP contribution in [0.3, 0.4) is 0 Å². The Morgan fingerprint density at radius 3 is 2.60 bits per heavy atom. The van der Waals surface area contributed by atoms with Gasteiger partial charge in [0.2, 0.25) is 17.7 Å². The summed E-state index contributed by atoms with van der Waals surface area (Å²) in [6.45, 7) is 3.82. The summed E-state index contributed by atoms with van der Waals surface area (Å²) in [6, 6.07) is 13.8. The molecule has 6 rings (SSSR count). The average Bonchev–Trinajstić information content (AvgIpc) is 3.02. The van der Waals surface area contributed by atoms with Crippen molar-refractivity contribution < 1.29 is 27.4 Å². The topological polar surface area (TPSA) is 123 Å². The van der Waals surface area contributed by atoms with E-state index in [2.05, 4.69) is 35.2 Å². The van der Waals surface area contributed by atoms with Crippen LogP contribution in [0.25, 0.3) is 0 Å². The number of halogens is 3. The molecule has 1 aromatic carbocycles. The summed E-state index contributed by atoms with van der Waals surface area (Å²) in [5, 5.41) is 7.37. The highest BCUT2D eigenvalue weighted by Gasteiger charge is 2.38. The van der Waals surface area contributed by atoms with Crippen LogP contribution in [0.5, 0.6) is 11.8 Å². The maximum atomic E-state index is 13.5. The van der Waals surface area contributed by atoms with E-state index < -0.39 is 23.7 Å². The van der Waals surface area contributed by atoms with Gasteiger partial charge in [-0.2, -0.15) is 23.3 Å². The number of hydrogen-bond donors (Lipinski definition) is 2. The van der Waals surface area contributed by atoms with E-state index in [4.69, 9.17) is 20.1 Å². The first-order valence-corrected chi connectivity index (χ1v) is 15.2. The first-order valence-electron chi connectivity index (χ1n) is 15.2. The van der Waals surface area contributed by atoms with Crippen LogP contribution < -0.4 is 25.5 Å². The zero-order valence-corrected chi connectivity index (χ0v) is 24.8. The lowest BCUT2D eigenvalue weighted by atomic mass is 9.85. The molecule has 3 aliphatic rings. The fourth-order valence-corrected chi connectivity index (χ4v) is 5.88. The molecule has 1 saturated carbocycles. The van der Waals surface area contributed by atoms with Crippen LogP contribution >= 0.6 is 0 Å². The van der Waals surface area contributed by atoms with Crippen molar-refractivity contribution in [1.82, 2.24) is 19.9 Å². The molecule has 0 bridgehead atoms. The SMILES string of the molecule is N/N=C1/CN(c2ccc(OCc3ccccc3)nc2)CCN1C[C@H]1CCC[C@@H](Nc2ncc(C(F)(F)F)c(OC3COC3)n2)C1. The van der Waals surface area contributed by atoms with Crippen molar-refractivity contribution in [2.24, 2.45) is 16.9 Å². The van der Waals surface area contributed by atoms with Crippen LogP contribution in [0.2, 0.25) is 0 Å². The van der Waals surface area contributed by atoms with Gasteiger partial charge in [0.15, 0.2) is 0 Å². The minimum atomic E-state index is -4.61. The summed E-state index contributed by atoms with van der Waals surface area (Å²) >= 11 is 0. The fourth-order valence-electron chi connectivity index (χ4n) is 5.88. The maximum absolute atomic E-state index is 13.5. The Morgan fingerprint density at radius 1 is 1.04 bits per heavy atom. The Labute approximate surface area is 259 Å². The molecule has 240 valence electrons. The first-order chi connectivity index (χ1) is 21.8. The molecular weight excluding hydrogens is 589 g/mol. The van der Waals surface area contributed by atoms with E-state index in [1.165, 1.54) is 0 Å². The molecule has 4 heterocycles. The minimum absolute atomic E-state index is 0.0219. The third kappa shape index (κ3) is 7.85. The van der Waals surface area contributed by atoms with E-state index in [0.29, 0.717) is 24.9 Å². The van der Waals surface area contributed by atoms with E-state index in [-0.39, 0.29) is 25.2 Å². The van der Waals surface area contributed by atoms with E-state index >= 15 is 0 Å². The standard InChI is InChI=1S/C31H37F3N8O3/c32-31(33,34)26-15-37-30(39-29(26)45-25-19-43-20-25)38-23-8-4-7-22(13-23)16-42-12-11-41(17-27(42)40-35)24-9-10-28(36-14-24)44-18-21-5-2-1-3-6-21/h1-3,5-6,9-10,14-15,22-23,25H,4,7-8,11-13,16-20,35H2,(H,37,38,39)/b40-27-/t22-,23+/m0/s1. The Kier molecular flexibility index (Phi) is 9.38. The van der Waals surface area contributed by atoms with Crippen LogP contribution in [0.15, 0.2) is 60.0 Å². The van der Waals surface area contributed by atoms with Crippen LogP contribution in [0, 0.1) is 5.92 Å². The molecular formula is C31H37F3N8O3. The van der Waals surface area contributed by atoms with Crippen molar-refractivity contribution in [3.8, 4) is 11.8 Å². The number of nitrogens with one attached hydrogen (secondary N) is 1. The van der Waals surface area contributed by atoms with Crippen molar-refractivity contribution in [2.75, 3.05) is 49.6 Å². The number of nitrogens with zero attached hydrogens (tertiary/aromatic N) is 6. The van der Waals surface area contributed by atoms with Crippen LogP contribution in [0.1, 0.15) is 36.8 Å². The molecule has 2 atom stereocenters. The number of rotatable bonds is 10. The zero-order valence-electron chi connectivity index (χ0n) is 24.8. The van der Waals surface area contributed by atoms with Crippen molar-refractivity contribution in [2.45, 2.75) is 50.6 Å². The molecule has 3 aromatic rings. The number of amidine groups is 1. The number of piperazine rings is 1. The molecule has 11 nitrogen and oxygen atoms in total.